The van der Waals surface area contributed by atoms with Crippen LogP contribution in [0.1, 0.15) is 16.8 Å². The number of aromatic nitrogens is 1. The normalized spacial score (nSPS) is 10.7. The second-order valence-electron chi connectivity index (χ2n) is 5.70. The smallest absolute Gasteiger partial charge is 0.124 e. The van der Waals surface area contributed by atoms with Gasteiger partial charge in [0.05, 0.1) is 5.69 Å². The van der Waals surface area contributed by atoms with E-state index in [0.717, 1.165) is 27.0 Å². The summed E-state index contributed by atoms with van der Waals surface area (Å²) in [6, 6.07) is 17.2. The first-order valence-electron chi connectivity index (χ1n) is 8.07. The fraction of sp³-hybridized carbons (Fsp3) is 0.150. The fourth-order valence-corrected chi connectivity index (χ4v) is 3.32. The van der Waals surface area contributed by atoms with Crippen LogP contribution in [-0.2, 0) is 19.7 Å². The van der Waals surface area contributed by atoms with E-state index < -0.39 is 0 Å². The van der Waals surface area contributed by atoms with E-state index in [2.05, 4.69) is 26.2 Å². The Balaban J connectivity index is 1.65. The molecular formula is C20H17BrCl2N2O. The highest BCUT2D eigenvalue weighted by Crippen LogP contribution is 2.26. The molecule has 0 unspecified atom stereocenters. The van der Waals surface area contributed by atoms with Crippen molar-refractivity contribution in [2.75, 3.05) is 0 Å². The number of ether oxygens (including phenoxy) is 1. The summed E-state index contributed by atoms with van der Waals surface area (Å²) >= 11 is 15.7. The molecule has 1 aromatic heterocycles. The molecule has 3 aromatic rings. The molecule has 1 N–H and O–H groups in total. The molecular weight excluding hydrogens is 435 g/mol. The van der Waals surface area contributed by atoms with E-state index >= 15 is 0 Å². The van der Waals surface area contributed by atoms with Crippen molar-refractivity contribution >= 4 is 39.1 Å². The number of hydrogen-bond donors (Lipinski definition) is 1. The molecule has 0 aliphatic heterocycles. The molecule has 26 heavy (non-hydrogen) atoms. The topological polar surface area (TPSA) is 34.1 Å². The summed E-state index contributed by atoms with van der Waals surface area (Å²) in [7, 11) is 0. The first-order chi connectivity index (χ1) is 12.6. The molecule has 0 radical (unpaired) electrons. The van der Waals surface area contributed by atoms with E-state index in [1.807, 2.05) is 48.5 Å². The number of pyridine rings is 1. The average Bonchev–Trinajstić information content (AvgIpc) is 2.63. The number of nitrogens with zero attached hydrogens (tertiary/aromatic N) is 1. The second kappa shape index (κ2) is 9.38. The van der Waals surface area contributed by atoms with E-state index in [-0.39, 0.29) is 0 Å². The Bertz CT molecular complexity index is 875. The Hall–Kier alpha value is -1.59. The lowest BCUT2D eigenvalue weighted by atomic mass is 10.2. The highest BCUT2D eigenvalue weighted by atomic mass is 79.9. The summed E-state index contributed by atoms with van der Waals surface area (Å²) in [5, 5.41) is 4.61. The van der Waals surface area contributed by atoms with E-state index in [4.69, 9.17) is 27.9 Å². The molecule has 0 saturated heterocycles. The van der Waals surface area contributed by atoms with Gasteiger partial charge in [-0.05, 0) is 42.5 Å². The number of benzene rings is 2. The molecule has 0 fully saturated rings. The summed E-state index contributed by atoms with van der Waals surface area (Å²) in [4.78, 5) is 4.31. The van der Waals surface area contributed by atoms with Gasteiger partial charge in [-0.25, -0.2) is 0 Å². The van der Waals surface area contributed by atoms with Crippen molar-refractivity contribution in [3.8, 4) is 5.75 Å². The molecule has 0 bridgehead atoms. The van der Waals surface area contributed by atoms with Crippen LogP contribution < -0.4 is 10.1 Å². The van der Waals surface area contributed by atoms with Crippen molar-refractivity contribution in [2.24, 2.45) is 0 Å². The van der Waals surface area contributed by atoms with Crippen LogP contribution in [-0.4, -0.2) is 4.98 Å². The molecule has 3 rings (SSSR count). The van der Waals surface area contributed by atoms with Gasteiger partial charge in [0.2, 0.25) is 0 Å². The third-order valence-electron chi connectivity index (χ3n) is 3.77. The lowest BCUT2D eigenvalue weighted by molar-refractivity contribution is 0.302. The average molecular weight is 452 g/mol. The van der Waals surface area contributed by atoms with Crippen LogP contribution in [0.3, 0.4) is 0 Å². The molecule has 1 heterocycles. The second-order valence-corrected chi connectivity index (χ2v) is 7.46. The lowest BCUT2D eigenvalue weighted by Gasteiger charge is -2.14. The van der Waals surface area contributed by atoms with Crippen molar-refractivity contribution < 1.29 is 4.74 Å². The number of nitrogens with one attached hydrogen (secondary N) is 1. The van der Waals surface area contributed by atoms with Gasteiger partial charge in [-0.15, -0.1) is 0 Å². The zero-order valence-corrected chi connectivity index (χ0v) is 17.0. The Morgan fingerprint density at radius 3 is 2.62 bits per heavy atom. The minimum atomic E-state index is 0.380. The predicted molar refractivity (Wildman–Crippen MR) is 110 cm³/mol. The standard InChI is InChI=1S/C20H17BrCl2N2O/c21-16-5-7-20(26-13-14-4-6-17(22)10-19(14)23)15(9-16)11-24-12-18-3-1-2-8-25-18/h1-10,24H,11-13H2. The van der Waals surface area contributed by atoms with Crippen molar-refractivity contribution in [2.45, 2.75) is 19.7 Å². The molecule has 0 aliphatic rings. The molecule has 0 saturated carbocycles. The summed E-state index contributed by atoms with van der Waals surface area (Å²) < 4.78 is 7.00. The fourth-order valence-electron chi connectivity index (χ4n) is 2.45. The van der Waals surface area contributed by atoms with Gasteiger partial charge in [-0.1, -0.05) is 51.3 Å². The van der Waals surface area contributed by atoms with Gasteiger partial charge in [0.1, 0.15) is 12.4 Å². The molecule has 2 aromatic carbocycles. The Morgan fingerprint density at radius 2 is 1.85 bits per heavy atom. The number of hydrogen-bond acceptors (Lipinski definition) is 3. The molecule has 0 atom stereocenters. The Labute approximate surface area is 171 Å². The van der Waals surface area contributed by atoms with Crippen LogP contribution in [0.25, 0.3) is 0 Å². The van der Waals surface area contributed by atoms with Crippen LogP contribution in [0, 0.1) is 0 Å². The molecule has 6 heteroatoms. The van der Waals surface area contributed by atoms with Gasteiger partial charge in [-0.3, -0.25) is 4.98 Å². The maximum absolute atomic E-state index is 6.22. The maximum Gasteiger partial charge on any atom is 0.124 e. The van der Waals surface area contributed by atoms with Crippen molar-refractivity contribution in [1.82, 2.24) is 10.3 Å². The first-order valence-corrected chi connectivity index (χ1v) is 9.62. The van der Waals surface area contributed by atoms with Crippen molar-refractivity contribution in [1.29, 1.82) is 0 Å². The minimum absolute atomic E-state index is 0.380. The van der Waals surface area contributed by atoms with Crippen molar-refractivity contribution in [3.63, 3.8) is 0 Å². The van der Waals surface area contributed by atoms with E-state index in [1.165, 1.54) is 0 Å². The monoisotopic (exact) mass is 450 g/mol. The summed E-state index contributed by atoms with van der Waals surface area (Å²) in [6.45, 7) is 1.74. The third-order valence-corrected chi connectivity index (χ3v) is 4.85. The zero-order valence-electron chi connectivity index (χ0n) is 13.9. The van der Waals surface area contributed by atoms with Crippen LogP contribution >= 0.6 is 39.1 Å². The van der Waals surface area contributed by atoms with Crippen LogP contribution in [0.15, 0.2) is 65.3 Å². The first kappa shape index (κ1) is 19.2. The van der Waals surface area contributed by atoms with Crippen LogP contribution in [0.4, 0.5) is 0 Å². The number of halogens is 3. The molecule has 0 aliphatic carbocycles. The van der Waals surface area contributed by atoms with E-state index in [1.54, 1.807) is 12.3 Å². The lowest BCUT2D eigenvalue weighted by Crippen LogP contribution is -2.14. The van der Waals surface area contributed by atoms with Gasteiger partial charge in [-0.2, -0.15) is 0 Å². The predicted octanol–water partition coefficient (Wildman–Crippen LogP) is 6.02. The molecule has 3 nitrogen and oxygen atoms in total. The highest BCUT2D eigenvalue weighted by molar-refractivity contribution is 9.10. The largest absolute Gasteiger partial charge is 0.489 e. The Kier molecular flexibility index (Phi) is 6.92. The molecule has 0 spiro atoms. The van der Waals surface area contributed by atoms with Gasteiger partial charge >= 0.3 is 0 Å². The summed E-state index contributed by atoms with van der Waals surface area (Å²) in [6.07, 6.45) is 1.79. The zero-order chi connectivity index (χ0) is 18.4. The maximum atomic E-state index is 6.22. The summed E-state index contributed by atoms with van der Waals surface area (Å²) in [5.41, 5.74) is 2.95. The minimum Gasteiger partial charge on any atom is -0.489 e. The molecule has 134 valence electrons. The number of rotatable bonds is 7. The quantitative estimate of drug-likeness (QED) is 0.476. The Morgan fingerprint density at radius 1 is 0.962 bits per heavy atom. The summed E-state index contributed by atoms with van der Waals surface area (Å²) in [5.74, 6) is 0.813. The highest BCUT2D eigenvalue weighted by Gasteiger charge is 2.08. The van der Waals surface area contributed by atoms with Gasteiger partial charge < -0.3 is 10.1 Å². The van der Waals surface area contributed by atoms with Crippen LogP contribution in [0.5, 0.6) is 5.75 Å². The third kappa shape index (κ3) is 5.45. The van der Waals surface area contributed by atoms with Gasteiger partial charge in [0.25, 0.3) is 0 Å². The van der Waals surface area contributed by atoms with Crippen molar-refractivity contribution in [3.05, 3.63) is 92.1 Å². The SMILES string of the molecule is Clc1ccc(COc2ccc(Br)cc2CNCc2ccccn2)c(Cl)c1. The molecule has 0 amide bonds. The van der Waals surface area contributed by atoms with E-state index in [0.29, 0.717) is 29.7 Å². The van der Waals surface area contributed by atoms with Gasteiger partial charge in [0, 0.05) is 44.9 Å². The van der Waals surface area contributed by atoms with Crippen LogP contribution in [0.2, 0.25) is 10.0 Å². The van der Waals surface area contributed by atoms with E-state index in [9.17, 15) is 0 Å². The van der Waals surface area contributed by atoms with Gasteiger partial charge in [0.15, 0.2) is 0 Å².